The quantitative estimate of drug-likeness (QED) is 0.567. The number of methoxy groups -OCH3 is 1. The lowest BCUT2D eigenvalue weighted by molar-refractivity contribution is 0.144. The van der Waals surface area contributed by atoms with E-state index in [9.17, 15) is 0 Å². The van der Waals surface area contributed by atoms with E-state index >= 15 is 0 Å². The Labute approximate surface area is 87.9 Å². The molecule has 0 heterocycles. The predicted octanol–water partition coefficient (Wildman–Crippen LogP) is 1.11. The van der Waals surface area contributed by atoms with Crippen LogP contribution < -0.4 is 5.73 Å². The molecule has 0 bridgehead atoms. The Balaban J connectivity index is 3.85. The van der Waals surface area contributed by atoms with Gasteiger partial charge in [-0.2, -0.15) is 0 Å². The number of nitrogens with two attached hydrogens (primary N) is 1. The van der Waals surface area contributed by atoms with Crippen molar-refractivity contribution >= 4 is 0 Å². The smallest absolute Gasteiger partial charge is 0.0589 e. The Hall–Kier alpha value is -0.380. The average molecular weight is 200 g/mol. The van der Waals surface area contributed by atoms with Gasteiger partial charge in [0.2, 0.25) is 0 Å². The largest absolute Gasteiger partial charge is 0.383 e. The minimum absolute atomic E-state index is 0.590. The van der Waals surface area contributed by atoms with Crippen molar-refractivity contribution in [2.24, 2.45) is 11.7 Å². The maximum Gasteiger partial charge on any atom is 0.0589 e. The first-order valence-corrected chi connectivity index (χ1v) is 5.30. The highest BCUT2D eigenvalue weighted by atomic mass is 16.5. The fourth-order valence-electron chi connectivity index (χ4n) is 1.40. The monoisotopic (exact) mass is 200 g/mol. The first kappa shape index (κ1) is 13.6. The molecule has 0 saturated heterocycles. The van der Waals surface area contributed by atoms with Gasteiger partial charge in [0.25, 0.3) is 0 Å². The van der Waals surface area contributed by atoms with E-state index in [1.54, 1.807) is 7.11 Å². The zero-order chi connectivity index (χ0) is 10.8. The van der Waals surface area contributed by atoms with E-state index in [-0.39, 0.29) is 0 Å². The van der Waals surface area contributed by atoms with E-state index in [0.29, 0.717) is 5.92 Å². The van der Waals surface area contributed by atoms with Gasteiger partial charge in [-0.05, 0) is 12.5 Å². The van der Waals surface area contributed by atoms with Crippen molar-refractivity contribution in [1.82, 2.24) is 4.90 Å². The molecule has 0 spiro atoms. The maximum absolute atomic E-state index is 5.67. The van der Waals surface area contributed by atoms with Gasteiger partial charge in [0.05, 0.1) is 6.61 Å². The van der Waals surface area contributed by atoms with Crippen molar-refractivity contribution in [3.8, 4) is 0 Å². The fourth-order valence-corrected chi connectivity index (χ4v) is 1.40. The highest BCUT2D eigenvalue weighted by molar-refractivity contribution is 4.75. The molecular weight excluding hydrogens is 176 g/mol. The van der Waals surface area contributed by atoms with Crippen LogP contribution in [0.2, 0.25) is 0 Å². The van der Waals surface area contributed by atoms with E-state index in [1.807, 2.05) is 6.08 Å². The molecule has 3 heteroatoms. The van der Waals surface area contributed by atoms with Gasteiger partial charge in [-0.15, -0.1) is 6.58 Å². The summed E-state index contributed by atoms with van der Waals surface area (Å²) in [6.07, 6.45) is 3.07. The van der Waals surface area contributed by atoms with Crippen LogP contribution in [-0.4, -0.2) is 44.8 Å². The highest BCUT2D eigenvalue weighted by Gasteiger charge is 2.09. The van der Waals surface area contributed by atoms with Crippen molar-refractivity contribution in [3.05, 3.63) is 12.7 Å². The van der Waals surface area contributed by atoms with E-state index in [0.717, 1.165) is 39.2 Å². The number of ether oxygens (including phenoxy) is 1. The van der Waals surface area contributed by atoms with Crippen LogP contribution in [0.5, 0.6) is 0 Å². The number of hydrogen-bond acceptors (Lipinski definition) is 3. The van der Waals surface area contributed by atoms with Gasteiger partial charge < -0.3 is 10.5 Å². The van der Waals surface area contributed by atoms with Crippen LogP contribution in [-0.2, 0) is 4.74 Å². The lowest BCUT2D eigenvalue weighted by Gasteiger charge is -2.24. The van der Waals surface area contributed by atoms with Crippen LogP contribution in [0, 0.1) is 5.92 Å². The normalized spacial score (nSPS) is 13.1. The van der Waals surface area contributed by atoms with Gasteiger partial charge in [-0.25, -0.2) is 0 Å². The van der Waals surface area contributed by atoms with Gasteiger partial charge in [-0.3, -0.25) is 4.90 Å². The zero-order valence-corrected chi connectivity index (χ0v) is 9.54. The van der Waals surface area contributed by atoms with E-state index in [2.05, 4.69) is 18.4 Å². The Morgan fingerprint density at radius 1 is 1.57 bits per heavy atom. The molecule has 0 radical (unpaired) electrons. The van der Waals surface area contributed by atoms with Crippen molar-refractivity contribution in [3.63, 3.8) is 0 Å². The predicted molar refractivity (Wildman–Crippen MR) is 61.3 cm³/mol. The first-order chi connectivity index (χ1) is 6.78. The van der Waals surface area contributed by atoms with Gasteiger partial charge in [0.15, 0.2) is 0 Å². The Kier molecular flexibility index (Phi) is 8.94. The van der Waals surface area contributed by atoms with Crippen molar-refractivity contribution in [2.75, 3.05) is 39.9 Å². The van der Waals surface area contributed by atoms with Gasteiger partial charge in [0.1, 0.15) is 0 Å². The lowest BCUT2D eigenvalue weighted by atomic mass is 10.1. The summed E-state index contributed by atoms with van der Waals surface area (Å²) in [5.41, 5.74) is 5.67. The molecule has 84 valence electrons. The number of hydrogen-bond donors (Lipinski definition) is 1. The maximum atomic E-state index is 5.67. The van der Waals surface area contributed by atoms with Crippen LogP contribution in [0.3, 0.4) is 0 Å². The van der Waals surface area contributed by atoms with Crippen molar-refractivity contribution < 1.29 is 4.74 Å². The van der Waals surface area contributed by atoms with E-state index < -0.39 is 0 Å². The second-order valence-electron chi connectivity index (χ2n) is 3.55. The molecule has 1 atom stereocenters. The van der Waals surface area contributed by atoms with Gasteiger partial charge >= 0.3 is 0 Å². The molecule has 0 fully saturated rings. The lowest BCUT2D eigenvalue weighted by Crippen LogP contribution is -2.35. The summed E-state index contributed by atoms with van der Waals surface area (Å²) in [4.78, 5) is 2.33. The topological polar surface area (TPSA) is 38.5 Å². The summed E-state index contributed by atoms with van der Waals surface area (Å²) in [5, 5.41) is 0. The standard InChI is InChI=1S/C11H24N2O/c1-4-6-13(7-8-14-3)10-11(5-2)9-12/h4,11H,1,5-10,12H2,2-3H3. The molecule has 3 nitrogen and oxygen atoms in total. The minimum Gasteiger partial charge on any atom is -0.383 e. The van der Waals surface area contributed by atoms with Gasteiger partial charge in [0, 0.05) is 26.7 Å². The molecule has 14 heavy (non-hydrogen) atoms. The number of nitrogens with zero attached hydrogens (tertiary/aromatic N) is 1. The second-order valence-corrected chi connectivity index (χ2v) is 3.55. The molecule has 1 unspecified atom stereocenters. The minimum atomic E-state index is 0.590. The average Bonchev–Trinajstić information content (AvgIpc) is 2.22. The SMILES string of the molecule is C=CCN(CCOC)CC(CC)CN. The molecule has 0 amide bonds. The Morgan fingerprint density at radius 2 is 2.29 bits per heavy atom. The van der Waals surface area contributed by atoms with Gasteiger partial charge in [-0.1, -0.05) is 19.4 Å². The molecule has 0 rings (SSSR count). The molecule has 2 N–H and O–H groups in total. The van der Waals surface area contributed by atoms with Crippen LogP contribution in [0.1, 0.15) is 13.3 Å². The van der Waals surface area contributed by atoms with Crippen molar-refractivity contribution in [2.45, 2.75) is 13.3 Å². The molecule has 0 aliphatic carbocycles. The number of rotatable bonds is 9. The van der Waals surface area contributed by atoms with Crippen LogP contribution in [0.25, 0.3) is 0 Å². The third kappa shape index (κ3) is 6.13. The first-order valence-electron chi connectivity index (χ1n) is 5.30. The molecule has 0 aromatic carbocycles. The second kappa shape index (κ2) is 9.19. The third-order valence-corrected chi connectivity index (χ3v) is 2.43. The summed E-state index contributed by atoms with van der Waals surface area (Å²) in [7, 11) is 1.73. The summed E-state index contributed by atoms with van der Waals surface area (Å²) >= 11 is 0. The Bertz CT molecular complexity index is 135. The summed E-state index contributed by atoms with van der Waals surface area (Å²) in [6.45, 7) is 10.4. The van der Waals surface area contributed by atoms with E-state index in [4.69, 9.17) is 10.5 Å². The van der Waals surface area contributed by atoms with Crippen LogP contribution in [0.15, 0.2) is 12.7 Å². The third-order valence-electron chi connectivity index (χ3n) is 2.43. The van der Waals surface area contributed by atoms with Crippen molar-refractivity contribution in [1.29, 1.82) is 0 Å². The molecular formula is C11H24N2O. The van der Waals surface area contributed by atoms with Crippen LogP contribution in [0.4, 0.5) is 0 Å². The Morgan fingerprint density at radius 3 is 2.71 bits per heavy atom. The highest BCUT2D eigenvalue weighted by Crippen LogP contribution is 2.03. The molecule has 0 aromatic rings. The van der Waals surface area contributed by atoms with E-state index in [1.165, 1.54) is 0 Å². The molecule has 0 saturated carbocycles. The molecule has 0 aliphatic heterocycles. The fraction of sp³-hybridized carbons (Fsp3) is 0.818. The summed E-state index contributed by atoms with van der Waals surface area (Å²) < 4.78 is 5.06. The van der Waals surface area contributed by atoms with Crippen LogP contribution >= 0.6 is 0 Å². The summed E-state index contributed by atoms with van der Waals surface area (Å²) in [5.74, 6) is 0.590. The summed E-state index contributed by atoms with van der Waals surface area (Å²) in [6, 6.07) is 0. The zero-order valence-electron chi connectivity index (χ0n) is 9.54. The molecule has 0 aromatic heterocycles. The molecule has 0 aliphatic rings.